The van der Waals surface area contributed by atoms with Crippen LogP contribution >= 0.6 is 0 Å². The molecule has 0 bridgehead atoms. The maximum absolute atomic E-state index is 12.7. The molecule has 6 heteroatoms. The zero-order valence-electron chi connectivity index (χ0n) is 15.6. The highest BCUT2D eigenvalue weighted by atomic mass is 16.5. The van der Waals surface area contributed by atoms with E-state index in [1.807, 2.05) is 49.5 Å². The van der Waals surface area contributed by atoms with Crippen molar-refractivity contribution in [3.63, 3.8) is 0 Å². The molecule has 0 radical (unpaired) electrons. The number of benzene rings is 2. The SMILES string of the molecule is CCN1C[C@H](CN(C)C(=O)Cc2noc3ccccc23)Oc2ccccc21. The second kappa shape index (κ2) is 7.31. The van der Waals surface area contributed by atoms with Crippen molar-refractivity contribution < 1.29 is 14.1 Å². The highest BCUT2D eigenvalue weighted by molar-refractivity contribution is 5.86. The van der Waals surface area contributed by atoms with E-state index in [4.69, 9.17) is 9.26 Å². The van der Waals surface area contributed by atoms with Crippen molar-refractivity contribution in [1.82, 2.24) is 10.1 Å². The first-order valence-electron chi connectivity index (χ1n) is 9.23. The Hall–Kier alpha value is -3.02. The number of amides is 1. The fourth-order valence-electron chi connectivity index (χ4n) is 3.52. The van der Waals surface area contributed by atoms with Crippen LogP contribution in [0.1, 0.15) is 12.6 Å². The molecule has 4 rings (SSSR count). The van der Waals surface area contributed by atoms with Crippen LogP contribution in [0.5, 0.6) is 5.75 Å². The molecule has 1 atom stereocenters. The van der Waals surface area contributed by atoms with Gasteiger partial charge in [-0.2, -0.15) is 0 Å². The molecule has 1 aromatic heterocycles. The molecule has 27 heavy (non-hydrogen) atoms. The summed E-state index contributed by atoms with van der Waals surface area (Å²) in [5, 5.41) is 4.95. The van der Waals surface area contributed by atoms with Crippen molar-refractivity contribution in [3.05, 3.63) is 54.2 Å². The van der Waals surface area contributed by atoms with Gasteiger partial charge in [-0.25, -0.2) is 0 Å². The normalized spacial score (nSPS) is 16.1. The lowest BCUT2D eigenvalue weighted by molar-refractivity contribution is -0.130. The Kier molecular flexibility index (Phi) is 4.71. The van der Waals surface area contributed by atoms with E-state index in [9.17, 15) is 4.79 Å². The molecule has 0 fully saturated rings. The molecule has 140 valence electrons. The molecule has 0 spiro atoms. The number of hydrogen-bond acceptors (Lipinski definition) is 5. The maximum Gasteiger partial charge on any atom is 0.228 e. The number of fused-ring (bicyclic) bond motifs is 2. The summed E-state index contributed by atoms with van der Waals surface area (Å²) in [4.78, 5) is 16.7. The molecule has 1 aliphatic rings. The van der Waals surface area contributed by atoms with Gasteiger partial charge < -0.3 is 19.1 Å². The van der Waals surface area contributed by atoms with Crippen LogP contribution in [0.4, 0.5) is 5.69 Å². The van der Waals surface area contributed by atoms with Gasteiger partial charge >= 0.3 is 0 Å². The van der Waals surface area contributed by atoms with E-state index < -0.39 is 0 Å². The van der Waals surface area contributed by atoms with Gasteiger partial charge in [0.25, 0.3) is 0 Å². The Morgan fingerprint density at radius 3 is 2.85 bits per heavy atom. The standard InChI is InChI=1S/C21H23N3O3/c1-3-24-14-15(26-20-11-7-5-9-18(20)24)13-23(2)21(25)12-17-16-8-4-6-10-19(16)27-22-17/h4-11,15H,3,12-14H2,1-2H3/t15-/m0/s1. The third kappa shape index (κ3) is 3.47. The van der Waals surface area contributed by atoms with Gasteiger partial charge in [0, 0.05) is 19.0 Å². The van der Waals surface area contributed by atoms with Gasteiger partial charge in [0.1, 0.15) is 17.5 Å². The number of aromatic nitrogens is 1. The molecule has 2 heterocycles. The second-order valence-electron chi connectivity index (χ2n) is 6.82. The Labute approximate surface area is 158 Å². The first kappa shape index (κ1) is 17.4. The van der Waals surface area contributed by atoms with Gasteiger partial charge in [-0.3, -0.25) is 4.79 Å². The lowest BCUT2D eigenvalue weighted by Gasteiger charge is -2.37. The fraction of sp³-hybridized carbons (Fsp3) is 0.333. The van der Waals surface area contributed by atoms with Gasteiger partial charge in [0.2, 0.25) is 5.91 Å². The van der Waals surface area contributed by atoms with Crippen molar-refractivity contribution in [2.75, 3.05) is 31.6 Å². The van der Waals surface area contributed by atoms with Gasteiger partial charge in [-0.1, -0.05) is 29.4 Å². The van der Waals surface area contributed by atoms with Crippen LogP contribution < -0.4 is 9.64 Å². The number of ether oxygens (including phenoxy) is 1. The number of carbonyl (C=O) groups excluding carboxylic acids is 1. The summed E-state index contributed by atoms with van der Waals surface area (Å²) in [6.45, 7) is 4.32. The van der Waals surface area contributed by atoms with Crippen molar-refractivity contribution in [2.24, 2.45) is 0 Å². The smallest absolute Gasteiger partial charge is 0.228 e. The van der Waals surface area contributed by atoms with Gasteiger partial charge in [-0.05, 0) is 31.2 Å². The summed E-state index contributed by atoms with van der Waals surface area (Å²) < 4.78 is 11.4. The zero-order valence-corrected chi connectivity index (χ0v) is 15.6. The van der Waals surface area contributed by atoms with Gasteiger partial charge in [-0.15, -0.1) is 0 Å². The molecular weight excluding hydrogens is 342 g/mol. The van der Waals surface area contributed by atoms with Crippen molar-refractivity contribution in [3.8, 4) is 5.75 Å². The molecule has 6 nitrogen and oxygen atoms in total. The minimum Gasteiger partial charge on any atom is -0.485 e. The summed E-state index contributed by atoms with van der Waals surface area (Å²) in [5.41, 5.74) is 2.49. The summed E-state index contributed by atoms with van der Waals surface area (Å²) in [6.07, 6.45) is 0.150. The Morgan fingerprint density at radius 2 is 2.00 bits per heavy atom. The number of likely N-dealkylation sites (N-methyl/N-ethyl adjacent to an activating group) is 2. The van der Waals surface area contributed by atoms with E-state index >= 15 is 0 Å². The van der Waals surface area contributed by atoms with E-state index in [2.05, 4.69) is 23.0 Å². The molecule has 0 unspecified atom stereocenters. The fourth-order valence-corrected chi connectivity index (χ4v) is 3.52. The number of anilines is 1. The quantitative estimate of drug-likeness (QED) is 0.695. The average Bonchev–Trinajstić information content (AvgIpc) is 3.10. The summed E-state index contributed by atoms with van der Waals surface area (Å²) in [6, 6.07) is 15.6. The van der Waals surface area contributed by atoms with Crippen LogP contribution in [0.15, 0.2) is 53.1 Å². The molecular formula is C21H23N3O3. The molecule has 3 aromatic rings. The highest BCUT2D eigenvalue weighted by Crippen LogP contribution is 2.32. The predicted molar refractivity (Wildman–Crippen MR) is 104 cm³/mol. The average molecular weight is 365 g/mol. The number of hydrogen-bond donors (Lipinski definition) is 0. The van der Waals surface area contributed by atoms with Crippen LogP contribution in [0, 0.1) is 0 Å². The number of para-hydroxylation sites is 3. The van der Waals surface area contributed by atoms with E-state index in [1.54, 1.807) is 4.90 Å². The molecule has 1 aliphatic heterocycles. The predicted octanol–water partition coefficient (Wildman–Crippen LogP) is 3.12. The Bertz CT molecular complexity index is 953. The number of rotatable bonds is 5. The highest BCUT2D eigenvalue weighted by Gasteiger charge is 2.27. The largest absolute Gasteiger partial charge is 0.485 e. The first-order valence-corrected chi connectivity index (χ1v) is 9.23. The van der Waals surface area contributed by atoms with E-state index in [0.29, 0.717) is 17.8 Å². The summed E-state index contributed by atoms with van der Waals surface area (Å²) >= 11 is 0. The van der Waals surface area contributed by atoms with Crippen LogP contribution in [-0.2, 0) is 11.2 Å². The Balaban J connectivity index is 1.43. The molecule has 0 aliphatic carbocycles. The summed E-state index contributed by atoms with van der Waals surface area (Å²) in [5.74, 6) is 0.874. The molecule has 0 saturated carbocycles. The second-order valence-corrected chi connectivity index (χ2v) is 6.82. The number of carbonyl (C=O) groups is 1. The van der Waals surface area contributed by atoms with E-state index in [0.717, 1.165) is 29.9 Å². The van der Waals surface area contributed by atoms with Crippen LogP contribution in [-0.4, -0.2) is 48.7 Å². The van der Waals surface area contributed by atoms with Gasteiger partial charge in [0.05, 0.1) is 25.2 Å². The summed E-state index contributed by atoms with van der Waals surface area (Å²) in [7, 11) is 1.81. The van der Waals surface area contributed by atoms with Crippen molar-refractivity contribution in [2.45, 2.75) is 19.4 Å². The first-order chi connectivity index (χ1) is 13.2. The Morgan fingerprint density at radius 1 is 1.22 bits per heavy atom. The zero-order chi connectivity index (χ0) is 18.8. The van der Waals surface area contributed by atoms with E-state index in [-0.39, 0.29) is 18.4 Å². The molecule has 0 saturated heterocycles. The van der Waals surface area contributed by atoms with Gasteiger partial charge in [0.15, 0.2) is 5.58 Å². The lowest BCUT2D eigenvalue weighted by Crippen LogP contribution is -2.47. The molecule has 0 N–H and O–H groups in total. The molecule has 1 amide bonds. The third-order valence-corrected chi connectivity index (χ3v) is 4.98. The lowest BCUT2D eigenvalue weighted by atomic mass is 10.1. The van der Waals surface area contributed by atoms with Crippen LogP contribution in [0.3, 0.4) is 0 Å². The minimum atomic E-state index is -0.0668. The van der Waals surface area contributed by atoms with Crippen LogP contribution in [0.25, 0.3) is 11.0 Å². The topological polar surface area (TPSA) is 58.8 Å². The minimum absolute atomic E-state index is 0.000407. The maximum atomic E-state index is 12.7. The van der Waals surface area contributed by atoms with Crippen molar-refractivity contribution >= 4 is 22.6 Å². The monoisotopic (exact) mass is 365 g/mol. The number of nitrogens with zero attached hydrogens (tertiary/aromatic N) is 3. The third-order valence-electron chi connectivity index (χ3n) is 4.98. The van der Waals surface area contributed by atoms with Crippen LogP contribution in [0.2, 0.25) is 0 Å². The molecule has 2 aromatic carbocycles. The van der Waals surface area contributed by atoms with Crippen molar-refractivity contribution in [1.29, 1.82) is 0 Å². The van der Waals surface area contributed by atoms with E-state index in [1.165, 1.54) is 0 Å².